The van der Waals surface area contributed by atoms with Crippen molar-refractivity contribution in [2.45, 2.75) is 44.2 Å². The van der Waals surface area contributed by atoms with Crippen molar-refractivity contribution in [1.29, 1.82) is 0 Å². The number of halogens is 1. The predicted octanol–water partition coefficient (Wildman–Crippen LogP) is 3.98. The first kappa shape index (κ1) is 25.6. The van der Waals surface area contributed by atoms with Gasteiger partial charge in [-0.1, -0.05) is 25.1 Å². The van der Waals surface area contributed by atoms with Crippen LogP contribution >= 0.6 is 0 Å². The van der Waals surface area contributed by atoms with Crippen molar-refractivity contribution in [3.05, 3.63) is 77.7 Å². The Bertz CT molecular complexity index is 1360. The van der Waals surface area contributed by atoms with Gasteiger partial charge in [0.2, 0.25) is 5.88 Å². The van der Waals surface area contributed by atoms with Gasteiger partial charge in [0.25, 0.3) is 15.9 Å². The maximum atomic E-state index is 13.3. The number of aromatic nitrogens is 2. The number of nitrogens with one attached hydrogen (secondary N) is 1. The first-order valence-electron chi connectivity index (χ1n) is 11.7. The molecule has 1 aromatic carbocycles. The van der Waals surface area contributed by atoms with Gasteiger partial charge in [0.05, 0.1) is 12.2 Å². The molecule has 0 spiro atoms. The molecule has 4 rings (SSSR count). The quantitative estimate of drug-likeness (QED) is 0.487. The number of carbonyl (C=O) groups excluding carboxylic acids is 1. The van der Waals surface area contributed by atoms with Crippen LogP contribution in [0.25, 0.3) is 0 Å². The fraction of sp³-hybridized carbons (Fsp3) is 0.346. The van der Waals surface area contributed by atoms with Gasteiger partial charge in [-0.15, -0.1) is 0 Å². The van der Waals surface area contributed by atoms with Crippen molar-refractivity contribution in [3.8, 4) is 5.88 Å². The molecule has 36 heavy (non-hydrogen) atoms. The summed E-state index contributed by atoms with van der Waals surface area (Å²) in [4.78, 5) is 23.6. The van der Waals surface area contributed by atoms with E-state index in [1.807, 2.05) is 4.90 Å². The third kappa shape index (κ3) is 5.81. The molecule has 1 atom stereocenters. The van der Waals surface area contributed by atoms with Gasteiger partial charge in [0.15, 0.2) is 5.03 Å². The molecule has 1 unspecified atom stereocenters. The monoisotopic (exact) mass is 512 g/mol. The van der Waals surface area contributed by atoms with Gasteiger partial charge < -0.3 is 9.64 Å². The Morgan fingerprint density at radius 1 is 1.19 bits per heavy atom. The highest BCUT2D eigenvalue weighted by Crippen LogP contribution is 2.37. The van der Waals surface area contributed by atoms with E-state index in [0.29, 0.717) is 24.7 Å². The summed E-state index contributed by atoms with van der Waals surface area (Å²) in [5, 5.41) is -0.348. The Hall–Kier alpha value is -3.53. The number of hydrogen-bond acceptors (Lipinski definition) is 7. The highest BCUT2D eigenvalue weighted by atomic mass is 32.2. The van der Waals surface area contributed by atoms with Crippen LogP contribution in [0.5, 0.6) is 5.88 Å². The highest BCUT2D eigenvalue weighted by molar-refractivity contribution is 7.90. The van der Waals surface area contributed by atoms with Crippen LogP contribution in [-0.2, 0) is 16.4 Å². The van der Waals surface area contributed by atoms with E-state index in [0.717, 1.165) is 12.0 Å². The van der Waals surface area contributed by atoms with Crippen LogP contribution in [0.2, 0.25) is 0 Å². The SMILES string of the molecule is CC1CN(c2ncccc2C(=O)NS(=O)(=O)c2cccc(OCCc3cccc(F)c3)n2)C(C)(C)C1. The number of nitrogens with zero attached hydrogens (tertiary/aromatic N) is 3. The third-order valence-corrected chi connectivity index (χ3v) is 7.32. The number of anilines is 1. The van der Waals surface area contributed by atoms with E-state index < -0.39 is 15.9 Å². The molecule has 1 aliphatic rings. The van der Waals surface area contributed by atoms with Crippen LogP contribution in [0.3, 0.4) is 0 Å². The molecule has 3 heterocycles. The van der Waals surface area contributed by atoms with Gasteiger partial charge in [-0.3, -0.25) is 4.79 Å². The molecular formula is C26H29FN4O4S. The molecule has 1 N–H and O–H groups in total. The zero-order valence-electron chi connectivity index (χ0n) is 20.4. The molecule has 3 aromatic rings. The Morgan fingerprint density at radius 3 is 2.69 bits per heavy atom. The van der Waals surface area contributed by atoms with Gasteiger partial charge >= 0.3 is 0 Å². The molecule has 8 nitrogen and oxygen atoms in total. The second-order valence-electron chi connectivity index (χ2n) is 9.58. The van der Waals surface area contributed by atoms with Crippen LogP contribution in [0.4, 0.5) is 10.2 Å². The topological polar surface area (TPSA) is 101 Å². The Balaban J connectivity index is 1.47. The van der Waals surface area contributed by atoms with Gasteiger partial charge in [-0.05, 0) is 62.1 Å². The second-order valence-corrected chi connectivity index (χ2v) is 11.2. The molecule has 190 valence electrons. The fourth-order valence-corrected chi connectivity index (χ4v) is 5.50. The summed E-state index contributed by atoms with van der Waals surface area (Å²) in [6, 6.07) is 13.6. The minimum absolute atomic E-state index is 0.0802. The average Bonchev–Trinajstić information content (AvgIpc) is 3.10. The van der Waals surface area contributed by atoms with E-state index in [2.05, 4.69) is 35.5 Å². The van der Waals surface area contributed by atoms with Gasteiger partial charge in [0, 0.05) is 30.8 Å². The van der Waals surface area contributed by atoms with E-state index >= 15 is 0 Å². The average molecular weight is 513 g/mol. The van der Waals surface area contributed by atoms with Gasteiger partial charge in [-0.2, -0.15) is 13.4 Å². The molecule has 1 fully saturated rings. The summed E-state index contributed by atoms with van der Waals surface area (Å²) in [5.41, 5.74) is 0.695. The summed E-state index contributed by atoms with van der Waals surface area (Å²) in [5.74, 6) is -0.185. The number of amides is 1. The summed E-state index contributed by atoms with van der Waals surface area (Å²) in [6.45, 7) is 7.18. The second kappa shape index (κ2) is 10.2. The summed E-state index contributed by atoms with van der Waals surface area (Å²) in [7, 11) is -4.28. The van der Waals surface area contributed by atoms with E-state index in [-0.39, 0.29) is 34.4 Å². The standard InChI is InChI=1S/C26H29FN4O4S/c1-18-16-26(2,3)31(17-18)24-21(9-6-13-28-24)25(32)30-36(33,34)23-11-5-10-22(29-23)35-14-12-19-7-4-8-20(27)15-19/h4-11,13,15,18H,12,14,16-17H2,1-3H3,(H,30,32). The smallest absolute Gasteiger partial charge is 0.281 e. The normalized spacial score (nSPS) is 17.1. The lowest BCUT2D eigenvalue weighted by atomic mass is 9.97. The lowest BCUT2D eigenvalue weighted by Crippen LogP contribution is -2.41. The predicted molar refractivity (Wildman–Crippen MR) is 134 cm³/mol. The summed E-state index contributed by atoms with van der Waals surface area (Å²) >= 11 is 0. The van der Waals surface area contributed by atoms with Crippen molar-refractivity contribution >= 4 is 21.7 Å². The number of hydrogen-bond donors (Lipinski definition) is 1. The van der Waals surface area contributed by atoms with Crippen molar-refractivity contribution in [2.24, 2.45) is 5.92 Å². The maximum Gasteiger partial charge on any atom is 0.281 e. The van der Waals surface area contributed by atoms with Crippen LogP contribution in [-0.4, -0.2) is 43.0 Å². The largest absolute Gasteiger partial charge is 0.477 e. The summed E-state index contributed by atoms with van der Waals surface area (Å²) in [6.07, 6.45) is 2.94. The number of sulfonamides is 1. The zero-order valence-corrected chi connectivity index (χ0v) is 21.3. The number of pyridine rings is 2. The lowest BCUT2D eigenvalue weighted by molar-refractivity contribution is 0.0981. The van der Waals surface area contributed by atoms with E-state index in [9.17, 15) is 17.6 Å². The maximum absolute atomic E-state index is 13.3. The molecule has 1 aliphatic heterocycles. The Kier molecular flexibility index (Phi) is 7.26. The van der Waals surface area contributed by atoms with E-state index in [1.54, 1.807) is 30.5 Å². The molecule has 0 aliphatic carbocycles. The Labute approximate surface area is 210 Å². The molecule has 0 bridgehead atoms. The van der Waals surface area contributed by atoms with Crippen molar-refractivity contribution in [1.82, 2.24) is 14.7 Å². The number of carbonyl (C=O) groups is 1. The van der Waals surface area contributed by atoms with Crippen LogP contribution in [0.15, 0.2) is 65.8 Å². The fourth-order valence-electron chi connectivity index (χ4n) is 4.57. The lowest BCUT2D eigenvalue weighted by Gasteiger charge is -2.33. The van der Waals surface area contributed by atoms with Crippen molar-refractivity contribution < 1.29 is 22.3 Å². The molecule has 0 saturated carbocycles. The van der Waals surface area contributed by atoms with E-state index in [4.69, 9.17) is 4.74 Å². The van der Waals surface area contributed by atoms with E-state index in [1.165, 1.54) is 30.3 Å². The third-order valence-electron chi connectivity index (χ3n) is 6.09. The van der Waals surface area contributed by atoms with Crippen LogP contribution in [0.1, 0.15) is 43.1 Å². The molecule has 0 radical (unpaired) electrons. The van der Waals surface area contributed by atoms with Crippen LogP contribution < -0.4 is 14.4 Å². The van der Waals surface area contributed by atoms with Crippen LogP contribution in [0, 0.1) is 11.7 Å². The van der Waals surface area contributed by atoms with Gasteiger partial charge in [0.1, 0.15) is 11.6 Å². The first-order valence-corrected chi connectivity index (χ1v) is 13.2. The number of rotatable bonds is 8. The minimum Gasteiger partial charge on any atom is -0.477 e. The molecule has 10 heteroatoms. The zero-order chi connectivity index (χ0) is 25.9. The molecule has 1 saturated heterocycles. The highest BCUT2D eigenvalue weighted by Gasteiger charge is 2.39. The van der Waals surface area contributed by atoms with Crippen molar-refractivity contribution in [2.75, 3.05) is 18.1 Å². The molecule has 2 aromatic heterocycles. The van der Waals surface area contributed by atoms with Crippen molar-refractivity contribution in [3.63, 3.8) is 0 Å². The summed E-state index contributed by atoms with van der Waals surface area (Å²) < 4.78 is 47.0. The number of ether oxygens (including phenoxy) is 1. The molecule has 1 amide bonds. The first-order chi connectivity index (χ1) is 17.0. The Morgan fingerprint density at radius 2 is 1.97 bits per heavy atom. The van der Waals surface area contributed by atoms with Gasteiger partial charge in [-0.25, -0.2) is 14.1 Å². The number of benzene rings is 1. The molecular weight excluding hydrogens is 483 g/mol. The minimum atomic E-state index is -4.28.